The van der Waals surface area contributed by atoms with Crippen molar-refractivity contribution < 1.29 is 31.8 Å². The number of ether oxygens (including phenoxy) is 1. The van der Waals surface area contributed by atoms with E-state index in [4.69, 9.17) is 0 Å². The standard InChI is InChI=1S/C13H9F5O2/c1-20-11-9(12(14,15)13(16,17)18)6-7-4-2-3-5-8(7)10(11)19/h2-6,19H,1H3. The molecule has 0 aromatic heterocycles. The number of alkyl halides is 5. The van der Waals surface area contributed by atoms with Crippen LogP contribution < -0.4 is 4.74 Å². The van der Waals surface area contributed by atoms with Crippen LogP contribution in [0.5, 0.6) is 11.5 Å². The molecule has 2 aromatic carbocycles. The highest BCUT2D eigenvalue weighted by molar-refractivity contribution is 5.91. The van der Waals surface area contributed by atoms with Crippen LogP contribution in [0.15, 0.2) is 30.3 Å². The minimum absolute atomic E-state index is 0.0599. The number of rotatable bonds is 2. The summed E-state index contributed by atoms with van der Waals surface area (Å²) in [5.74, 6) is -6.75. The third-order valence-electron chi connectivity index (χ3n) is 2.87. The number of fused-ring (bicyclic) bond motifs is 1. The van der Waals surface area contributed by atoms with Gasteiger partial charge in [-0.25, -0.2) is 0 Å². The van der Waals surface area contributed by atoms with Crippen LogP contribution in [0.1, 0.15) is 5.56 Å². The highest BCUT2D eigenvalue weighted by Gasteiger charge is 2.60. The Bertz CT molecular complexity index is 649. The van der Waals surface area contributed by atoms with Crippen LogP contribution in [0.4, 0.5) is 22.0 Å². The van der Waals surface area contributed by atoms with Crippen molar-refractivity contribution in [3.63, 3.8) is 0 Å². The zero-order valence-corrected chi connectivity index (χ0v) is 10.1. The molecule has 0 saturated carbocycles. The topological polar surface area (TPSA) is 29.5 Å². The molecule has 0 radical (unpaired) electrons. The van der Waals surface area contributed by atoms with E-state index < -0.39 is 29.2 Å². The van der Waals surface area contributed by atoms with Crippen molar-refractivity contribution in [3.05, 3.63) is 35.9 Å². The molecule has 2 rings (SSSR count). The van der Waals surface area contributed by atoms with Gasteiger partial charge in [0, 0.05) is 5.39 Å². The van der Waals surface area contributed by atoms with Gasteiger partial charge < -0.3 is 9.84 Å². The Balaban J connectivity index is 2.83. The zero-order chi connectivity index (χ0) is 15.1. The van der Waals surface area contributed by atoms with Gasteiger partial charge >= 0.3 is 12.1 Å². The van der Waals surface area contributed by atoms with Crippen molar-refractivity contribution in [2.75, 3.05) is 7.11 Å². The molecule has 0 bridgehead atoms. The average molecular weight is 292 g/mol. The van der Waals surface area contributed by atoms with Crippen molar-refractivity contribution in [2.24, 2.45) is 0 Å². The summed E-state index contributed by atoms with van der Waals surface area (Å²) in [6, 6.07) is 6.36. The fourth-order valence-corrected chi connectivity index (χ4v) is 1.90. The predicted molar refractivity (Wildman–Crippen MR) is 62.1 cm³/mol. The largest absolute Gasteiger partial charge is 0.504 e. The number of methoxy groups -OCH3 is 1. The number of halogens is 5. The Labute approximate surface area is 110 Å². The van der Waals surface area contributed by atoms with E-state index in [1.54, 1.807) is 0 Å². The summed E-state index contributed by atoms with van der Waals surface area (Å²) in [7, 11) is 0.916. The maximum Gasteiger partial charge on any atom is 0.458 e. The van der Waals surface area contributed by atoms with Gasteiger partial charge in [-0.05, 0) is 11.5 Å². The predicted octanol–water partition coefficient (Wildman–Crippen LogP) is 4.21. The normalized spacial score (nSPS) is 12.7. The van der Waals surface area contributed by atoms with E-state index in [0.717, 1.165) is 7.11 Å². The molecule has 0 amide bonds. The molecule has 20 heavy (non-hydrogen) atoms. The summed E-state index contributed by atoms with van der Waals surface area (Å²) in [5, 5.41) is 10.0. The maximum absolute atomic E-state index is 13.5. The molecule has 0 saturated heterocycles. The van der Waals surface area contributed by atoms with Gasteiger partial charge in [0.2, 0.25) is 0 Å². The van der Waals surface area contributed by atoms with E-state index in [-0.39, 0.29) is 10.8 Å². The van der Waals surface area contributed by atoms with Crippen molar-refractivity contribution in [3.8, 4) is 11.5 Å². The van der Waals surface area contributed by atoms with E-state index in [1.807, 2.05) is 0 Å². The molecule has 0 aliphatic rings. The summed E-state index contributed by atoms with van der Waals surface area (Å²) in [5.41, 5.74) is -1.41. The smallest absolute Gasteiger partial charge is 0.458 e. The second kappa shape index (κ2) is 4.50. The Morgan fingerprint density at radius 3 is 2.20 bits per heavy atom. The molecule has 0 aliphatic heterocycles. The number of hydrogen-bond donors (Lipinski definition) is 1. The molecule has 0 atom stereocenters. The molecule has 1 N–H and O–H groups in total. The van der Waals surface area contributed by atoms with Gasteiger partial charge in [-0.1, -0.05) is 24.3 Å². The summed E-state index contributed by atoms with van der Waals surface area (Å²) >= 11 is 0. The summed E-state index contributed by atoms with van der Waals surface area (Å²) in [6.45, 7) is 0. The third kappa shape index (κ3) is 2.03. The van der Waals surface area contributed by atoms with Crippen LogP contribution >= 0.6 is 0 Å². The first kappa shape index (κ1) is 14.4. The lowest BCUT2D eigenvalue weighted by atomic mass is 10.00. The van der Waals surface area contributed by atoms with Crippen LogP contribution in [0, 0.1) is 0 Å². The molecular formula is C13H9F5O2. The van der Waals surface area contributed by atoms with E-state index in [2.05, 4.69) is 4.74 Å². The van der Waals surface area contributed by atoms with Gasteiger partial charge in [0.1, 0.15) is 0 Å². The second-order valence-corrected chi connectivity index (χ2v) is 4.10. The Hall–Kier alpha value is -2.05. The molecule has 0 heterocycles. The molecule has 0 spiro atoms. The highest BCUT2D eigenvalue weighted by Crippen LogP contribution is 2.51. The molecule has 2 aromatic rings. The molecule has 0 unspecified atom stereocenters. The Kier molecular flexibility index (Phi) is 3.23. The zero-order valence-electron chi connectivity index (χ0n) is 10.1. The summed E-state index contributed by atoms with van der Waals surface area (Å²) in [4.78, 5) is 0. The van der Waals surface area contributed by atoms with E-state index in [9.17, 15) is 27.1 Å². The van der Waals surface area contributed by atoms with Crippen molar-refractivity contribution >= 4 is 10.8 Å². The second-order valence-electron chi connectivity index (χ2n) is 4.10. The van der Waals surface area contributed by atoms with Gasteiger partial charge in [-0.2, -0.15) is 22.0 Å². The van der Waals surface area contributed by atoms with Crippen LogP contribution in [-0.4, -0.2) is 18.4 Å². The van der Waals surface area contributed by atoms with Crippen LogP contribution in [-0.2, 0) is 5.92 Å². The lowest BCUT2D eigenvalue weighted by Crippen LogP contribution is -2.34. The van der Waals surface area contributed by atoms with E-state index >= 15 is 0 Å². The van der Waals surface area contributed by atoms with Gasteiger partial charge in [0.25, 0.3) is 0 Å². The number of phenolic OH excluding ortho intramolecular Hbond substituents is 1. The fraction of sp³-hybridized carbons (Fsp3) is 0.231. The molecule has 2 nitrogen and oxygen atoms in total. The summed E-state index contributed by atoms with van der Waals surface area (Å²) in [6.07, 6.45) is -5.78. The SMILES string of the molecule is COc1c(C(F)(F)C(F)(F)F)cc2ccccc2c1O. The fourth-order valence-electron chi connectivity index (χ4n) is 1.90. The van der Waals surface area contributed by atoms with E-state index in [0.29, 0.717) is 6.07 Å². The van der Waals surface area contributed by atoms with Gasteiger partial charge in [-0.15, -0.1) is 0 Å². The van der Waals surface area contributed by atoms with Crippen molar-refractivity contribution in [1.82, 2.24) is 0 Å². The number of phenols is 1. The highest BCUT2D eigenvalue weighted by atomic mass is 19.4. The third-order valence-corrected chi connectivity index (χ3v) is 2.87. The lowest BCUT2D eigenvalue weighted by Gasteiger charge is -2.23. The quantitative estimate of drug-likeness (QED) is 0.840. The van der Waals surface area contributed by atoms with Crippen molar-refractivity contribution in [2.45, 2.75) is 12.1 Å². The summed E-state index contributed by atoms with van der Waals surface area (Å²) < 4.78 is 69.0. The van der Waals surface area contributed by atoms with E-state index in [1.165, 1.54) is 24.3 Å². The monoisotopic (exact) mass is 292 g/mol. The first-order valence-corrected chi connectivity index (χ1v) is 5.44. The molecule has 108 valence electrons. The van der Waals surface area contributed by atoms with Crippen molar-refractivity contribution in [1.29, 1.82) is 0 Å². The minimum Gasteiger partial charge on any atom is -0.504 e. The molecular weight excluding hydrogens is 283 g/mol. The number of hydrogen-bond acceptors (Lipinski definition) is 2. The Morgan fingerprint density at radius 1 is 1.05 bits per heavy atom. The molecule has 0 fully saturated rings. The first-order valence-electron chi connectivity index (χ1n) is 5.44. The van der Waals surface area contributed by atoms with Gasteiger partial charge in [0.05, 0.1) is 12.7 Å². The van der Waals surface area contributed by atoms with Crippen LogP contribution in [0.2, 0.25) is 0 Å². The Morgan fingerprint density at radius 2 is 1.65 bits per heavy atom. The van der Waals surface area contributed by atoms with Crippen LogP contribution in [0.3, 0.4) is 0 Å². The van der Waals surface area contributed by atoms with Gasteiger partial charge in [-0.3, -0.25) is 0 Å². The number of benzene rings is 2. The van der Waals surface area contributed by atoms with Crippen LogP contribution in [0.25, 0.3) is 10.8 Å². The molecule has 0 aliphatic carbocycles. The lowest BCUT2D eigenvalue weighted by molar-refractivity contribution is -0.289. The molecule has 7 heteroatoms. The average Bonchev–Trinajstić information content (AvgIpc) is 2.37. The minimum atomic E-state index is -5.78. The number of aromatic hydroxyl groups is 1. The maximum atomic E-state index is 13.5. The van der Waals surface area contributed by atoms with Gasteiger partial charge in [0.15, 0.2) is 11.5 Å². The first-order chi connectivity index (χ1) is 9.20.